The minimum absolute atomic E-state index is 0.120. The number of hydrogen-bond donors (Lipinski definition) is 3. The molecular formula is C26H37N3O5S2. The molecule has 0 spiro atoms. The van der Waals surface area contributed by atoms with Crippen LogP contribution in [0.5, 0.6) is 5.75 Å². The highest BCUT2D eigenvalue weighted by Gasteiger charge is 2.36. The van der Waals surface area contributed by atoms with Crippen LogP contribution in [0.15, 0.2) is 46.0 Å². The summed E-state index contributed by atoms with van der Waals surface area (Å²) in [7, 11) is 1.50. The van der Waals surface area contributed by atoms with Gasteiger partial charge >= 0.3 is 6.03 Å². The molecule has 36 heavy (non-hydrogen) atoms. The number of para-hydroxylation sites is 2. The highest BCUT2D eigenvalue weighted by atomic mass is 32.2. The van der Waals surface area contributed by atoms with Gasteiger partial charge in [0.2, 0.25) is 5.91 Å². The Labute approximate surface area is 221 Å². The van der Waals surface area contributed by atoms with Gasteiger partial charge in [0.05, 0.1) is 22.9 Å². The Kier molecular flexibility index (Phi) is 11.3. The number of imide groups is 1. The fourth-order valence-electron chi connectivity index (χ4n) is 3.43. The fourth-order valence-corrected chi connectivity index (χ4v) is 5.37. The van der Waals surface area contributed by atoms with E-state index in [9.17, 15) is 19.6 Å². The van der Waals surface area contributed by atoms with E-state index in [1.165, 1.54) is 18.9 Å². The number of nitrogens with one attached hydrogen (secondary N) is 2. The number of hydroxylamine groups is 2. The first-order valence-electron chi connectivity index (χ1n) is 11.9. The molecule has 0 fully saturated rings. The maximum absolute atomic E-state index is 13.1. The average Bonchev–Trinajstić information content (AvgIpc) is 3.34. The van der Waals surface area contributed by atoms with Crippen LogP contribution in [0, 0.1) is 17.3 Å². The SMILES string of the molecule is COc1ccccc1NC(=O)C(NC(=O)N(O)C(=O)[C@H](CCC(C)C)CSc1cccs1)C(C)(C)C. The number of benzene rings is 1. The van der Waals surface area contributed by atoms with E-state index in [0.717, 1.165) is 10.6 Å². The zero-order valence-electron chi connectivity index (χ0n) is 21.7. The molecule has 1 aromatic carbocycles. The van der Waals surface area contributed by atoms with Crippen LogP contribution < -0.4 is 15.4 Å². The molecule has 10 heteroatoms. The van der Waals surface area contributed by atoms with Crippen LogP contribution in [0.2, 0.25) is 0 Å². The molecule has 0 saturated heterocycles. The molecule has 1 unspecified atom stereocenters. The van der Waals surface area contributed by atoms with Crippen LogP contribution in [0.25, 0.3) is 0 Å². The molecule has 2 atom stereocenters. The molecule has 198 valence electrons. The topological polar surface area (TPSA) is 108 Å². The number of amides is 4. The summed E-state index contributed by atoms with van der Waals surface area (Å²) in [6, 6.07) is 8.76. The summed E-state index contributed by atoms with van der Waals surface area (Å²) in [5.41, 5.74) is -0.262. The van der Waals surface area contributed by atoms with Gasteiger partial charge in [0.15, 0.2) is 0 Å². The Morgan fingerprint density at radius 1 is 1.11 bits per heavy atom. The summed E-state index contributed by atoms with van der Waals surface area (Å²) >= 11 is 3.10. The zero-order valence-corrected chi connectivity index (χ0v) is 23.4. The van der Waals surface area contributed by atoms with E-state index in [0.29, 0.717) is 29.5 Å². The van der Waals surface area contributed by atoms with Gasteiger partial charge in [-0.1, -0.05) is 59.2 Å². The number of anilines is 1. The molecule has 0 aliphatic rings. The third-order valence-corrected chi connectivity index (χ3v) is 7.82. The lowest BCUT2D eigenvalue weighted by molar-refractivity contribution is -0.157. The second-order valence-electron chi connectivity index (χ2n) is 10.00. The number of thioether (sulfide) groups is 1. The average molecular weight is 536 g/mol. The van der Waals surface area contributed by atoms with Gasteiger partial charge in [-0.2, -0.15) is 0 Å². The molecule has 2 rings (SSSR count). The Morgan fingerprint density at radius 3 is 2.39 bits per heavy atom. The summed E-state index contributed by atoms with van der Waals surface area (Å²) < 4.78 is 6.34. The summed E-state index contributed by atoms with van der Waals surface area (Å²) in [6.07, 6.45) is 1.32. The van der Waals surface area contributed by atoms with Crippen LogP contribution in [0.3, 0.4) is 0 Å². The molecule has 1 aromatic heterocycles. The van der Waals surface area contributed by atoms with Gasteiger partial charge in [0.1, 0.15) is 11.8 Å². The smallest absolute Gasteiger partial charge is 0.349 e. The molecule has 0 aliphatic heterocycles. The standard InChI is InChI=1S/C26H37N3O5S2/c1-17(2)13-14-18(16-36-21-12-9-15-35-21)24(31)29(33)25(32)28-22(26(3,4)5)23(30)27-19-10-7-8-11-20(19)34-6/h7-12,15,17-18,22,33H,13-14,16H2,1-6H3,(H,27,30)(H,28,32)/t18-,22?/m1/s1. The van der Waals surface area contributed by atoms with Crippen molar-refractivity contribution < 1.29 is 24.3 Å². The van der Waals surface area contributed by atoms with E-state index in [1.807, 2.05) is 17.5 Å². The Morgan fingerprint density at radius 2 is 1.81 bits per heavy atom. The fraction of sp³-hybridized carbons (Fsp3) is 0.500. The first-order valence-corrected chi connectivity index (χ1v) is 13.7. The molecule has 0 bridgehead atoms. The van der Waals surface area contributed by atoms with Crippen molar-refractivity contribution in [3.63, 3.8) is 0 Å². The van der Waals surface area contributed by atoms with Crippen LogP contribution in [-0.2, 0) is 9.59 Å². The van der Waals surface area contributed by atoms with Crippen molar-refractivity contribution in [3.8, 4) is 5.75 Å². The van der Waals surface area contributed by atoms with Crippen molar-refractivity contribution in [2.75, 3.05) is 18.2 Å². The summed E-state index contributed by atoms with van der Waals surface area (Å²) in [4.78, 5) is 39.2. The number of carbonyl (C=O) groups excluding carboxylic acids is 3. The van der Waals surface area contributed by atoms with Gasteiger partial charge in [-0.3, -0.25) is 14.8 Å². The highest BCUT2D eigenvalue weighted by molar-refractivity contribution is 8.01. The van der Waals surface area contributed by atoms with Gasteiger partial charge in [-0.15, -0.1) is 28.2 Å². The second kappa shape index (κ2) is 13.7. The lowest BCUT2D eigenvalue weighted by Gasteiger charge is -2.31. The first-order chi connectivity index (χ1) is 16.9. The van der Waals surface area contributed by atoms with Gasteiger partial charge in [-0.05, 0) is 41.3 Å². The quantitative estimate of drug-likeness (QED) is 0.188. The van der Waals surface area contributed by atoms with E-state index >= 15 is 0 Å². The maximum atomic E-state index is 13.1. The number of urea groups is 1. The highest BCUT2D eigenvalue weighted by Crippen LogP contribution is 2.29. The van der Waals surface area contributed by atoms with Crippen LogP contribution in [0.4, 0.5) is 10.5 Å². The number of nitrogens with zero attached hydrogens (tertiary/aromatic N) is 1. The van der Waals surface area contributed by atoms with E-state index in [1.54, 1.807) is 56.4 Å². The molecule has 3 N–H and O–H groups in total. The minimum atomic E-state index is -1.04. The molecule has 8 nitrogen and oxygen atoms in total. The first kappa shape index (κ1) is 29.7. The van der Waals surface area contributed by atoms with Gasteiger partial charge in [-0.25, -0.2) is 4.79 Å². The third-order valence-electron chi connectivity index (χ3n) is 5.53. The maximum Gasteiger partial charge on any atom is 0.349 e. The summed E-state index contributed by atoms with van der Waals surface area (Å²) in [6.45, 7) is 9.47. The largest absolute Gasteiger partial charge is 0.495 e. The third kappa shape index (κ3) is 8.83. The lowest BCUT2D eigenvalue weighted by Crippen LogP contribution is -2.56. The molecular weight excluding hydrogens is 498 g/mol. The number of rotatable bonds is 11. The normalized spacial score (nSPS) is 13.1. The molecule has 0 saturated carbocycles. The van der Waals surface area contributed by atoms with E-state index < -0.39 is 35.2 Å². The van der Waals surface area contributed by atoms with Gasteiger partial charge in [0.25, 0.3) is 5.91 Å². The molecule has 4 amide bonds. The molecule has 0 radical (unpaired) electrons. The number of methoxy groups -OCH3 is 1. The van der Waals surface area contributed by atoms with Crippen molar-refractivity contribution in [2.45, 2.75) is 57.7 Å². The van der Waals surface area contributed by atoms with Gasteiger partial charge < -0.3 is 15.4 Å². The van der Waals surface area contributed by atoms with Crippen LogP contribution in [0.1, 0.15) is 47.5 Å². The van der Waals surface area contributed by atoms with Crippen molar-refractivity contribution in [2.24, 2.45) is 17.3 Å². The Bertz CT molecular complexity index is 1010. The Hall–Kier alpha value is -2.56. The van der Waals surface area contributed by atoms with E-state index in [-0.39, 0.29) is 5.06 Å². The number of carbonyl (C=O) groups is 3. The lowest BCUT2D eigenvalue weighted by atomic mass is 9.86. The molecule has 1 heterocycles. The summed E-state index contributed by atoms with van der Waals surface area (Å²) in [5.74, 6) is -0.448. The number of thiophene rings is 1. The number of hydrogen-bond acceptors (Lipinski definition) is 7. The Balaban J connectivity index is 2.13. The number of ether oxygens (including phenoxy) is 1. The van der Waals surface area contributed by atoms with Crippen LogP contribution in [-0.4, -0.2) is 47.0 Å². The van der Waals surface area contributed by atoms with E-state index in [2.05, 4.69) is 24.5 Å². The predicted molar refractivity (Wildman–Crippen MR) is 145 cm³/mol. The van der Waals surface area contributed by atoms with Crippen molar-refractivity contribution in [1.29, 1.82) is 0 Å². The van der Waals surface area contributed by atoms with Crippen LogP contribution >= 0.6 is 23.1 Å². The van der Waals surface area contributed by atoms with Crippen molar-refractivity contribution in [1.82, 2.24) is 10.4 Å². The van der Waals surface area contributed by atoms with Crippen molar-refractivity contribution >= 4 is 46.6 Å². The molecule has 0 aliphatic carbocycles. The minimum Gasteiger partial charge on any atom is -0.495 e. The summed E-state index contributed by atoms with van der Waals surface area (Å²) in [5, 5.41) is 18.0. The van der Waals surface area contributed by atoms with Gasteiger partial charge in [0, 0.05) is 5.75 Å². The molecule has 2 aromatic rings. The van der Waals surface area contributed by atoms with Crippen molar-refractivity contribution in [3.05, 3.63) is 41.8 Å². The monoisotopic (exact) mass is 535 g/mol. The van der Waals surface area contributed by atoms with E-state index in [4.69, 9.17) is 4.74 Å². The second-order valence-corrected chi connectivity index (χ2v) is 12.3. The zero-order chi connectivity index (χ0) is 26.9. The predicted octanol–water partition coefficient (Wildman–Crippen LogP) is 5.88.